The Bertz CT molecular complexity index is 570. The molecule has 3 heteroatoms. The minimum absolute atomic E-state index is 0.0519. The Morgan fingerprint density at radius 1 is 1.22 bits per heavy atom. The zero-order valence-electron chi connectivity index (χ0n) is 11.3. The van der Waals surface area contributed by atoms with Crippen molar-refractivity contribution in [1.82, 2.24) is 10.3 Å². The molecule has 0 unspecified atom stereocenters. The standard InChI is InChI=1S/C15H19ClN2/c1-15(2,3)14-7-10(9-17-4)12-8-11(16)5-6-13(12)18-14/h5-8,17H,9H2,1-4H3. The van der Waals surface area contributed by atoms with Gasteiger partial charge in [-0.15, -0.1) is 0 Å². The highest BCUT2D eigenvalue weighted by Gasteiger charge is 2.17. The molecule has 2 nitrogen and oxygen atoms in total. The van der Waals surface area contributed by atoms with Gasteiger partial charge in [0.1, 0.15) is 0 Å². The van der Waals surface area contributed by atoms with Gasteiger partial charge in [0.05, 0.1) is 5.52 Å². The number of hydrogen-bond acceptors (Lipinski definition) is 2. The van der Waals surface area contributed by atoms with Gasteiger partial charge >= 0.3 is 0 Å². The third-order valence-corrected chi connectivity index (χ3v) is 3.23. The molecule has 1 N–H and O–H groups in total. The molecule has 0 fully saturated rings. The fourth-order valence-corrected chi connectivity index (χ4v) is 2.16. The number of aromatic nitrogens is 1. The van der Waals surface area contributed by atoms with E-state index < -0.39 is 0 Å². The fraction of sp³-hybridized carbons (Fsp3) is 0.400. The minimum Gasteiger partial charge on any atom is -0.316 e. The van der Waals surface area contributed by atoms with Crippen LogP contribution in [0.5, 0.6) is 0 Å². The summed E-state index contributed by atoms with van der Waals surface area (Å²) in [6, 6.07) is 8.05. The quantitative estimate of drug-likeness (QED) is 0.888. The first-order valence-electron chi connectivity index (χ1n) is 6.16. The molecular formula is C15H19ClN2. The predicted octanol–water partition coefficient (Wildman–Crippen LogP) is 3.91. The number of benzene rings is 1. The lowest BCUT2D eigenvalue weighted by Crippen LogP contribution is -2.15. The molecule has 18 heavy (non-hydrogen) atoms. The number of fused-ring (bicyclic) bond motifs is 1. The Hall–Kier alpha value is -1.12. The first kappa shape index (κ1) is 13.3. The van der Waals surface area contributed by atoms with Gasteiger partial charge in [-0.25, -0.2) is 0 Å². The number of pyridine rings is 1. The highest BCUT2D eigenvalue weighted by molar-refractivity contribution is 6.31. The molecule has 1 aromatic heterocycles. The molecule has 0 saturated carbocycles. The Morgan fingerprint density at radius 3 is 2.56 bits per heavy atom. The molecule has 0 amide bonds. The topological polar surface area (TPSA) is 24.9 Å². The van der Waals surface area contributed by atoms with E-state index in [1.165, 1.54) is 5.56 Å². The highest BCUT2D eigenvalue weighted by Crippen LogP contribution is 2.27. The highest BCUT2D eigenvalue weighted by atomic mass is 35.5. The maximum atomic E-state index is 6.07. The molecule has 0 aliphatic carbocycles. The summed E-state index contributed by atoms with van der Waals surface area (Å²) in [6.07, 6.45) is 0. The van der Waals surface area contributed by atoms with E-state index in [0.29, 0.717) is 0 Å². The maximum absolute atomic E-state index is 6.07. The average Bonchev–Trinajstić information content (AvgIpc) is 2.28. The van der Waals surface area contributed by atoms with Crippen molar-refractivity contribution in [3.63, 3.8) is 0 Å². The predicted molar refractivity (Wildman–Crippen MR) is 78.2 cm³/mol. The maximum Gasteiger partial charge on any atom is 0.0709 e. The van der Waals surface area contributed by atoms with Crippen LogP contribution in [0.1, 0.15) is 32.0 Å². The van der Waals surface area contributed by atoms with Gasteiger partial charge in [0.25, 0.3) is 0 Å². The van der Waals surface area contributed by atoms with E-state index >= 15 is 0 Å². The molecule has 96 valence electrons. The van der Waals surface area contributed by atoms with E-state index in [4.69, 9.17) is 16.6 Å². The van der Waals surface area contributed by atoms with Crippen LogP contribution in [-0.2, 0) is 12.0 Å². The van der Waals surface area contributed by atoms with Crippen LogP contribution in [0.4, 0.5) is 0 Å². The third-order valence-electron chi connectivity index (χ3n) is 2.99. The van der Waals surface area contributed by atoms with E-state index in [0.717, 1.165) is 28.2 Å². The molecule has 0 aliphatic heterocycles. The van der Waals surface area contributed by atoms with Gasteiger partial charge in [-0.3, -0.25) is 4.98 Å². The molecule has 2 aromatic rings. The number of halogens is 1. The molecule has 0 aliphatic rings. The van der Waals surface area contributed by atoms with Crippen molar-refractivity contribution in [2.24, 2.45) is 0 Å². The van der Waals surface area contributed by atoms with Crippen molar-refractivity contribution in [3.05, 3.63) is 40.5 Å². The van der Waals surface area contributed by atoms with Crippen LogP contribution in [0, 0.1) is 0 Å². The second-order valence-electron chi connectivity index (χ2n) is 5.61. The molecule has 1 aromatic carbocycles. The van der Waals surface area contributed by atoms with E-state index in [1.54, 1.807) is 0 Å². The number of nitrogens with one attached hydrogen (secondary N) is 1. The van der Waals surface area contributed by atoms with Crippen LogP contribution < -0.4 is 5.32 Å². The van der Waals surface area contributed by atoms with Crippen LogP contribution in [0.25, 0.3) is 10.9 Å². The van der Waals surface area contributed by atoms with Gasteiger partial charge in [-0.1, -0.05) is 32.4 Å². The zero-order chi connectivity index (χ0) is 13.3. The van der Waals surface area contributed by atoms with Gasteiger partial charge in [0.15, 0.2) is 0 Å². The molecule has 1 heterocycles. The van der Waals surface area contributed by atoms with Gasteiger partial charge in [-0.05, 0) is 36.9 Å². The van der Waals surface area contributed by atoms with Crippen LogP contribution in [0.3, 0.4) is 0 Å². The fourth-order valence-electron chi connectivity index (χ4n) is 1.99. The van der Waals surface area contributed by atoms with E-state index in [1.807, 2.05) is 25.2 Å². The van der Waals surface area contributed by atoms with Gasteiger partial charge < -0.3 is 5.32 Å². The first-order chi connectivity index (χ1) is 8.41. The van der Waals surface area contributed by atoms with Gasteiger partial charge in [-0.2, -0.15) is 0 Å². The smallest absolute Gasteiger partial charge is 0.0709 e. The molecule has 0 saturated heterocycles. The van der Waals surface area contributed by atoms with Crippen LogP contribution in [-0.4, -0.2) is 12.0 Å². The summed E-state index contributed by atoms with van der Waals surface area (Å²) in [5.41, 5.74) is 3.42. The number of rotatable bonds is 2. The Morgan fingerprint density at radius 2 is 1.94 bits per heavy atom. The van der Waals surface area contributed by atoms with Gasteiger partial charge in [0.2, 0.25) is 0 Å². The summed E-state index contributed by atoms with van der Waals surface area (Å²) in [6.45, 7) is 7.36. The molecule has 0 spiro atoms. The van der Waals surface area contributed by atoms with Crippen LogP contribution in [0.2, 0.25) is 5.02 Å². The number of nitrogens with zero attached hydrogens (tertiary/aromatic N) is 1. The Kier molecular flexibility index (Phi) is 3.60. The molecule has 2 rings (SSSR count). The minimum atomic E-state index is 0.0519. The van der Waals surface area contributed by atoms with E-state index in [9.17, 15) is 0 Å². The summed E-state index contributed by atoms with van der Waals surface area (Å²) in [5.74, 6) is 0. The number of hydrogen-bond donors (Lipinski definition) is 1. The third kappa shape index (κ3) is 2.65. The molecule has 0 atom stereocenters. The Labute approximate surface area is 113 Å². The van der Waals surface area contributed by atoms with Crippen LogP contribution >= 0.6 is 11.6 Å². The lowest BCUT2D eigenvalue weighted by atomic mass is 9.90. The van der Waals surface area contributed by atoms with E-state index in [2.05, 4.69) is 32.2 Å². The largest absolute Gasteiger partial charge is 0.316 e. The van der Waals surface area contributed by atoms with Crippen molar-refractivity contribution in [3.8, 4) is 0 Å². The summed E-state index contributed by atoms with van der Waals surface area (Å²) >= 11 is 6.07. The first-order valence-corrected chi connectivity index (χ1v) is 6.54. The van der Waals surface area contributed by atoms with Crippen molar-refractivity contribution >= 4 is 22.5 Å². The Balaban J connectivity index is 2.70. The summed E-state index contributed by atoms with van der Waals surface area (Å²) < 4.78 is 0. The SMILES string of the molecule is CNCc1cc(C(C)(C)C)nc2ccc(Cl)cc12. The van der Waals surface area contributed by atoms with Crippen molar-refractivity contribution in [1.29, 1.82) is 0 Å². The summed E-state index contributed by atoms with van der Waals surface area (Å²) in [7, 11) is 1.95. The van der Waals surface area contributed by atoms with Gasteiger partial charge in [0, 0.05) is 28.1 Å². The molecular weight excluding hydrogens is 244 g/mol. The average molecular weight is 263 g/mol. The lowest BCUT2D eigenvalue weighted by molar-refractivity contribution is 0.570. The zero-order valence-corrected chi connectivity index (χ0v) is 12.1. The van der Waals surface area contributed by atoms with Crippen molar-refractivity contribution in [2.45, 2.75) is 32.7 Å². The second-order valence-corrected chi connectivity index (χ2v) is 6.04. The second kappa shape index (κ2) is 4.87. The lowest BCUT2D eigenvalue weighted by Gasteiger charge is -2.20. The monoisotopic (exact) mass is 262 g/mol. The molecule has 0 bridgehead atoms. The summed E-state index contributed by atoms with van der Waals surface area (Å²) in [5, 5.41) is 5.09. The molecule has 0 radical (unpaired) electrons. The summed E-state index contributed by atoms with van der Waals surface area (Å²) in [4.78, 5) is 4.74. The van der Waals surface area contributed by atoms with E-state index in [-0.39, 0.29) is 5.41 Å². The van der Waals surface area contributed by atoms with Crippen molar-refractivity contribution < 1.29 is 0 Å². The van der Waals surface area contributed by atoms with Crippen LogP contribution in [0.15, 0.2) is 24.3 Å². The van der Waals surface area contributed by atoms with Crippen molar-refractivity contribution in [2.75, 3.05) is 7.05 Å². The normalized spacial score (nSPS) is 12.1.